The predicted molar refractivity (Wildman–Crippen MR) is 50.8 cm³/mol. The molecule has 0 amide bonds. The number of aromatic nitrogens is 2. The molecule has 0 bridgehead atoms. The molecule has 90 valence electrons. The van der Waals surface area contributed by atoms with Gasteiger partial charge in [-0.05, 0) is 13.3 Å². The highest BCUT2D eigenvalue weighted by atomic mass is 19.3. The van der Waals surface area contributed by atoms with Gasteiger partial charge in [0, 0.05) is 6.54 Å². The van der Waals surface area contributed by atoms with Crippen LogP contribution in [0, 0.1) is 6.92 Å². The number of carboxylic acid groups (broad SMARTS) is 1. The number of hydrogen-bond donors (Lipinski definition) is 1. The summed E-state index contributed by atoms with van der Waals surface area (Å²) in [6.07, 6.45) is 0.639. The van der Waals surface area contributed by atoms with E-state index in [2.05, 4.69) is 9.84 Å². The third-order valence-electron chi connectivity index (χ3n) is 1.93. The molecule has 7 heteroatoms. The number of ether oxygens (including phenoxy) is 1. The third kappa shape index (κ3) is 2.47. The van der Waals surface area contributed by atoms with Gasteiger partial charge in [-0.15, -0.1) is 0 Å². The summed E-state index contributed by atoms with van der Waals surface area (Å²) in [6, 6.07) is 0. The molecule has 0 spiro atoms. The second kappa shape index (κ2) is 4.91. The predicted octanol–water partition coefficient (Wildman–Crippen LogP) is 1.90. The number of carboxylic acids is 1. The third-order valence-corrected chi connectivity index (χ3v) is 1.93. The van der Waals surface area contributed by atoms with Crippen molar-refractivity contribution in [2.75, 3.05) is 0 Å². The highest BCUT2D eigenvalue weighted by Crippen LogP contribution is 2.24. The summed E-state index contributed by atoms with van der Waals surface area (Å²) in [4.78, 5) is 10.9. The van der Waals surface area contributed by atoms with Crippen LogP contribution in [-0.4, -0.2) is 27.5 Å². The van der Waals surface area contributed by atoms with Crippen molar-refractivity contribution in [2.45, 2.75) is 33.4 Å². The second-order valence-corrected chi connectivity index (χ2v) is 3.17. The Bertz CT molecular complexity index is 390. The Morgan fingerprint density at radius 1 is 1.62 bits per heavy atom. The molecule has 0 aliphatic heterocycles. The topological polar surface area (TPSA) is 64.4 Å². The standard InChI is InChI=1S/C9H12F2N2O3/c1-3-4-13-7(16-9(10)11)6(8(14)15)5(2)12-13/h9H,3-4H2,1-2H3,(H,14,15). The highest BCUT2D eigenvalue weighted by Gasteiger charge is 2.24. The summed E-state index contributed by atoms with van der Waals surface area (Å²) in [5, 5.41) is 12.7. The fourth-order valence-electron chi connectivity index (χ4n) is 1.37. The van der Waals surface area contributed by atoms with Crippen molar-refractivity contribution >= 4 is 5.97 Å². The van der Waals surface area contributed by atoms with Crippen LogP contribution in [-0.2, 0) is 6.54 Å². The summed E-state index contributed by atoms with van der Waals surface area (Å²) in [5.41, 5.74) is -0.148. The average Bonchev–Trinajstić information content (AvgIpc) is 2.42. The smallest absolute Gasteiger partial charge is 0.388 e. The molecule has 0 atom stereocenters. The minimum Gasteiger partial charge on any atom is -0.477 e. The molecular weight excluding hydrogens is 222 g/mol. The van der Waals surface area contributed by atoms with E-state index < -0.39 is 12.6 Å². The first-order valence-electron chi connectivity index (χ1n) is 4.72. The van der Waals surface area contributed by atoms with Crippen molar-refractivity contribution in [1.29, 1.82) is 0 Å². The summed E-state index contributed by atoms with van der Waals surface area (Å²) in [6.45, 7) is 0.526. The average molecular weight is 234 g/mol. The Hall–Kier alpha value is -1.66. The van der Waals surface area contributed by atoms with Gasteiger partial charge in [0.05, 0.1) is 5.69 Å². The lowest BCUT2D eigenvalue weighted by Crippen LogP contribution is -2.11. The molecule has 1 aromatic heterocycles. The first-order chi connectivity index (χ1) is 7.47. The maximum atomic E-state index is 12.1. The van der Waals surface area contributed by atoms with Crippen molar-refractivity contribution in [3.05, 3.63) is 11.3 Å². The van der Waals surface area contributed by atoms with Gasteiger partial charge in [0.1, 0.15) is 5.56 Å². The fraction of sp³-hybridized carbons (Fsp3) is 0.556. The van der Waals surface area contributed by atoms with Gasteiger partial charge in [0.2, 0.25) is 5.88 Å². The fourth-order valence-corrected chi connectivity index (χ4v) is 1.37. The Kier molecular flexibility index (Phi) is 3.81. The number of nitrogens with zero attached hydrogens (tertiary/aromatic N) is 2. The zero-order valence-corrected chi connectivity index (χ0v) is 8.91. The molecule has 1 rings (SSSR count). The van der Waals surface area contributed by atoms with E-state index in [9.17, 15) is 13.6 Å². The SMILES string of the molecule is CCCn1nc(C)c(C(=O)O)c1OC(F)F. The van der Waals surface area contributed by atoms with Crippen LogP contribution in [0.5, 0.6) is 5.88 Å². The molecule has 0 aromatic carbocycles. The zero-order chi connectivity index (χ0) is 12.3. The van der Waals surface area contributed by atoms with E-state index in [-0.39, 0.29) is 17.1 Å². The summed E-state index contributed by atoms with van der Waals surface area (Å²) >= 11 is 0. The molecule has 0 aliphatic rings. The van der Waals surface area contributed by atoms with Crippen molar-refractivity contribution in [3.8, 4) is 5.88 Å². The number of alkyl halides is 2. The first-order valence-corrected chi connectivity index (χ1v) is 4.72. The van der Waals surface area contributed by atoms with Crippen LogP contribution in [0.1, 0.15) is 29.4 Å². The number of aryl methyl sites for hydroxylation is 2. The summed E-state index contributed by atoms with van der Waals surface area (Å²) in [7, 11) is 0. The maximum absolute atomic E-state index is 12.1. The highest BCUT2D eigenvalue weighted by molar-refractivity contribution is 5.91. The lowest BCUT2D eigenvalue weighted by molar-refractivity contribution is -0.0563. The molecule has 0 saturated carbocycles. The number of halogens is 2. The molecule has 16 heavy (non-hydrogen) atoms. The molecule has 0 radical (unpaired) electrons. The van der Waals surface area contributed by atoms with Crippen LogP contribution in [0.4, 0.5) is 8.78 Å². The van der Waals surface area contributed by atoms with Gasteiger partial charge < -0.3 is 9.84 Å². The zero-order valence-electron chi connectivity index (χ0n) is 8.91. The van der Waals surface area contributed by atoms with Crippen LogP contribution < -0.4 is 4.74 Å². The molecule has 0 fully saturated rings. The van der Waals surface area contributed by atoms with Gasteiger partial charge in [-0.25, -0.2) is 9.48 Å². The largest absolute Gasteiger partial charge is 0.477 e. The number of carbonyl (C=O) groups is 1. The molecule has 0 unspecified atom stereocenters. The van der Waals surface area contributed by atoms with Gasteiger partial charge >= 0.3 is 12.6 Å². The van der Waals surface area contributed by atoms with E-state index in [0.717, 1.165) is 4.68 Å². The van der Waals surface area contributed by atoms with Gasteiger partial charge in [-0.2, -0.15) is 13.9 Å². The maximum Gasteiger partial charge on any atom is 0.388 e. The molecule has 1 heterocycles. The lowest BCUT2D eigenvalue weighted by Gasteiger charge is -2.07. The van der Waals surface area contributed by atoms with Gasteiger partial charge in [0.25, 0.3) is 0 Å². The lowest BCUT2D eigenvalue weighted by atomic mass is 10.2. The van der Waals surface area contributed by atoms with Crippen LogP contribution in [0.3, 0.4) is 0 Å². The van der Waals surface area contributed by atoms with E-state index in [1.54, 1.807) is 0 Å². The van der Waals surface area contributed by atoms with Crippen LogP contribution in [0.2, 0.25) is 0 Å². The van der Waals surface area contributed by atoms with Gasteiger partial charge in [0.15, 0.2) is 0 Å². The molecular formula is C9H12F2N2O3. The van der Waals surface area contributed by atoms with E-state index in [0.29, 0.717) is 13.0 Å². The van der Waals surface area contributed by atoms with Gasteiger partial charge in [-0.1, -0.05) is 6.92 Å². The summed E-state index contributed by atoms with van der Waals surface area (Å²) < 4.78 is 29.6. The van der Waals surface area contributed by atoms with Crippen molar-refractivity contribution in [3.63, 3.8) is 0 Å². The number of rotatable bonds is 5. The second-order valence-electron chi connectivity index (χ2n) is 3.17. The Balaban J connectivity index is 3.19. The Morgan fingerprint density at radius 3 is 2.69 bits per heavy atom. The van der Waals surface area contributed by atoms with Crippen molar-refractivity contribution in [1.82, 2.24) is 9.78 Å². The molecule has 5 nitrogen and oxygen atoms in total. The first kappa shape index (κ1) is 12.4. The van der Waals surface area contributed by atoms with E-state index in [1.165, 1.54) is 6.92 Å². The molecule has 0 aliphatic carbocycles. The summed E-state index contributed by atoms with van der Waals surface area (Å²) in [5.74, 6) is -1.71. The Morgan fingerprint density at radius 2 is 2.25 bits per heavy atom. The van der Waals surface area contributed by atoms with E-state index >= 15 is 0 Å². The van der Waals surface area contributed by atoms with E-state index in [1.807, 2.05) is 6.92 Å². The molecule has 1 aromatic rings. The minimum absolute atomic E-state index is 0.164. The van der Waals surface area contributed by atoms with Crippen LogP contribution in [0.15, 0.2) is 0 Å². The van der Waals surface area contributed by atoms with E-state index in [4.69, 9.17) is 5.11 Å². The van der Waals surface area contributed by atoms with Gasteiger partial charge in [-0.3, -0.25) is 0 Å². The number of hydrogen-bond acceptors (Lipinski definition) is 3. The minimum atomic E-state index is -3.06. The van der Waals surface area contributed by atoms with Crippen molar-refractivity contribution < 1.29 is 23.4 Å². The van der Waals surface area contributed by atoms with Crippen LogP contribution >= 0.6 is 0 Å². The normalized spacial score (nSPS) is 10.8. The monoisotopic (exact) mass is 234 g/mol. The van der Waals surface area contributed by atoms with Crippen LogP contribution in [0.25, 0.3) is 0 Å². The molecule has 1 N–H and O–H groups in total. The molecule has 0 saturated heterocycles. The Labute approximate surface area is 90.6 Å². The number of aromatic carboxylic acids is 1. The quantitative estimate of drug-likeness (QED) is 0.845. The van der Waals surface area contributed by atoms with Crippen molar-refractivity contribution in [2.24, 2.45) is 0 Å².